The third kappa shape index (κ3) is 6.03. The maximum atomic E-state index is 11.3. The number of nitrogens with two attached hydrogens (primary N) is 2. The molecular weight excluding hydrogens is 588 g/mol. The first-order valence-electron chi connectivity index (χ1n) is 9.76. The molecule has 0 radical (unpaired) electrons. The number of anilines is 2. The smallest absolute Gasteiger partial charge is 0.297 e. The van der Waals surface area contributed by atoms with Crippen molar-refractivity contribution in [3.05, 3.63) is 60.7 Å². The van der Waals surface area contributed by atoms with Crippen molar-refractivity contribution in [2.24, 2.45) is 0 Å². The fraction of sp³-hybridized carbons (Fsp3) is 0. The summed E-state index contributed by atoms with van der Waals surface area (Å²) in [6, 6.07) is 11.9. The summed E-state index contributed by atoms with van der Waals surface area (Å²) in [5.74, 6) is 0. The Morgan fingerprint density at radius 3 is 1.39 bits per heavy atom. The average molecular weight is 607 g/mol. The van der Waals surface area contributed by atoms with E-state index in [1.54, 1.807) is 0 Å². The Morgan fingerprint density at radius 2 is 0.921 bits per heavy atom. The molecule has 8 N–H and O–H groups in total. The van der Waals surface area contributed by atoms with Crippen LogP contribution < -0.4 is 11.5 Å². The molecule has 0 bridgehead atoms. The normalized spacial score (nSPS) is 12.7. The Hall–Kier alpha value is -3.36. The van der Waals surface area contributed by atoms with E-state index >= 15 is 0 Å². The van der Waals surface area contributed by atoms with Crippen molar-refractivity contribution in [3.8, 4) is 0 Å². The zero-order valence-corrected chi connectivity index (χ0v) is 21.9. The van der Waals surface area contributed by atoms with Crippen molar-refractivity contribution in [3.63, 3.8) is 0 Å². The van der Waals surface area contributed by atoms with Crippen molar-refractivity contribution < 1.29 is 51.9 Å². The molecule has 0 fully saturated rings. The van der Waals surface area contributed by atoms with Gasteiger partial charge in [-0.2, -0.15) is 33.7 Å². The fourth-order valence-corrected chi connectivity index (χ4v) is 6.58. The van der Waals surface area contributed by atoms with Gasteiger partial charge in [0.05, 0.1) is 5.69 Å². The lowest BCUT2D eigenvalue weighted by Gasteiger charge is -2.09. The molecule has 0 aliphatic rings. The SMILES string of the molecule is Nc1cc(S(=O)(=O)O)c2cccc(S(=O)(=O)O)c2c1.Nc1ccc2c(S(=O)(=O)O)cccc2c1S(=O)(=O)O. The topological polar surface area (TPSA) is 270 Å². The van der Waals surface area contributed by atoms with Crippen LogP contribution >= 0.6 is 0 Å². The van der Waals surface area contributed by atoms with E-state index in [1.165, 1.54) is 36.4 Å². The molecule has 4 aromatic rings. The van der Waals surface area contributed by atoms with Crippen LogP contribution in [0, 0.1) is 0 Å². The lowest BCUT2D eigenvalue weighted by atomic mass is 10.1. The van der Waals surface area contributed by atoms with Crippen LogP contribution in [-0.4, -0.2) is 51.9 Å². The number of hydrogen-bond donors (Lipinski definition) is 6. The monoisotopic (exact) mass is 606 g/mol. The van der Waals surface area contributed by atoms with E-state index in [0.29, 0.717) is 0 Å². The summed E-state index contributed by atoms with van der Waals surface area (Å²) in [5, 5.41) is -0.270. The van der Waals surface area contributed by atoms with Crippen LogP contribution in [0.2, 0.25) is 0 Å². The lowest BCUT2D eigenvalue weighted by Crippen LogP contribution is -2.06. The molecule has 204 valence electrons. The second-order valence-corrected chi connectivity index (χ2v) is 13.1. The van der Waals surface area contributed by atoms with Crippen LogP contribution in [0.15, 0.2) is 80.2 Å². The quantitative estimate of drug-likeness (QED) is 0.143. The minimum atomic E-state index is -4.62. The Balaban J connectivity index is 0.000000211. The zero-order chi connectivity index (χ0) is 28.8. The van der Waals surface area contributed by atoms with Gasteiger partial charge in [-0.25, -0.2) is 0 Å². The summed E-state index contributed by atoms with van der Waals surface area (Å²) < 4.78 is 126. The van der Waals surface area contributed by atoms with Gasteiger partial charge >= 0.3 is 0 Å². The number of fused-ring (bicyclic) bond motifs is 2. The fourth-order valence-electron chi connectivity index (χ4n) is 3.61. The summed E-state index contributed by atoms with van der Waals surface area (Å²) in [5.41, 5.74) is 10.7. The highest BCUT2D eigenvalue weighted by atomic mass is 32.2. The Bertz CT molecular complexity index is 2040. The van der Waals surface area contributed by atoms with Crippen LogP contribution in [0.3, 0.4) is 0 Å². The standard InChI is InChI=1S/2C10H9NO6S2/c11-6-4-8-7(10(5-6)19(15,16)17)2-1-3-9(8)18(12,13)14;11-8-5-4-6-7(10(8)19(15,16)17)2-1-3-9(6)18(12,13)14/h2*1-5H,11H2,(H,12,13,14)(H,15,16,17). The van der Waals surface area contributed by atoms with Crippen molar-refractivity contribution in [2.45, 2.75) is 19.6 Å². The van der Waals surface area contributed by atoms with Crippen LogP contribution in [0.1, 0.15) is 0 Å². The summed E-state index contributed by atoms with van der Waals surface area (Å²) >= 11 is 0. The number of rotatable bonds is 4. The van der Waals surface area contributed by atoms with Crippen LogP contribution in [-0.2, 0) is 40.5 Å². The number of nitrogen functional groups attached to an aromatic ring is 2. The molecule has 38 heavy (non-hydrogen) atoms. The van der Waals surface area contributed by atoms with Gasteiger partial charge in [-0.15, -0.1) is 0 Å². The van der Waals surface area contributed by atoms with Gasteiger partial charge in [0.2, 0.25) is 0 Å². The first-order valence-corrected chi connectivity index (χ1v) is 15.5. The van der Waals surface area contributed by atoms with Gasteiger partial charge < -0.3 is 11.5 Å². The van der Waals surface area contributed by atoms with Crippen LogP contribution in [0.5, 0.6) is 0 Å². The van der Waals surface area contributed by atoms with Gasteiger partial charge in [-0.3, -0.25) is 18.2 Å². The largest absolute Gasteiger partial charge is 0.399 e. The third-order valence-corrected chi connectivity index (χ3v) is 8.72. The van der Waals surface area contributed by atoms with Gasteiger partial charge in [0.1, 0.15) is 19.6 Å². The molecule has 4 rings (SSSR count). The summed E-state index contributed by atoms with van der Waals surface area (Å²) in [6.45, 7) is 0. The van der Waals surface area contributed by atoms with E-state index in [9.17, 15) is 33.7 Å². The number of hydrogen-bond acceptors (Lipinski definition) is 10. The van der Waals surface area contributed by atoms with E-state index in [-0.39, 0.29) is 32.9 Å². The van der Waals surface area contributed by atoms with Crippen molar-refractivity contribution in [1.82, 2.24) is 0 Å². The molecule has 0 aliphatic heterocycles. The molecule has 0 aliphatic carbocycles. The first kappa shape index (κ1) is 29.2. The van der Waals surface area contributed by atoms with Gasteiger partial charge in [-0.05, 0) is 30.3 Å². The summed E-state index contributed by atoms with van der Waals surface area (Å²) in [4.78, 5) is -2.05. The lowest BCUT2D eigenvalue weighted by molar-refractivity contribution is 0.481. The minimum absolute atomic E-state index is 0.0492. The van der Waals surface area contributed by atoms with Crippen molar-refractivity contribution >= 4 is 73.4 Å². The first-order chi connectivity index (χ1) is 17.2. The molecule has 0 atom stereocenters. The summed E-state index contributed by atoms with van der Waals surface area (Å²) in [7, 11) is -18.3. The molecule has 0 amide bonds. The molecule has 4 aromatic carbocycles. The van der Waals surface area contributed by atoms with E-state index in [4.69, 9.17) is 29.7 Å². The molecule has 18 heteroatoms. The molecule has 0 aromatic heterocycles. The highest BCUT2D eigenvalue weighted by Crippen LogP contribution is 2.32. The van der Waals surface area contributed by atoms with Gasteiger partial charge in [0, 0.05) is 27.2 Å². The second kappa shape index (κ2) is 9.75. The average Bonchev–Trinajstić information content (AvgIpc) is 2.75. The Kier molecular flexibility index (Phi) is 7.49. The zero-order valence-electron chi connectivity index (χ0n) is 18.6. The molecule has 0 spiro atoms. The minimum Gasteiger partial charge on any atom is -0.399 e. The van der Waals surface area contributed by atoms with E-state index in [0.717, 1.165) is 24.3 Å². The van der Waals surface area contributed by atoms with Crippen LogP contribution in [0.25, 0.3) is 21.5 Å². The van der Waals surface area contributed by atoms with Gasteiger partial charge in [0.25, 0.3) is 40.5 Å². The van der Waals surface area contributed by atoms with Gasteiger partial charge in [-0.1, -0.05) is 30.3 Å². The maximum Gasteiger partial charge on any atom is 0.297 e. The van der Waals surface area contributed by atoms with E-state index in [1.807, 2.05) is 0 Å². The van der Waals surface area contributed by atoms with Crippen molar-refractivity contribution in [1.29, 1.82) is 0 Å². The number of benzene rings is 4. The Morgan fingerprint density at radius 1 is 0.474 bits per heavy atom. The predicted molar refractivity (Wildman–Crippen MR) is 136 cm³/mol. The molecular formula is C20H18N2O12S4. The predicted octanol–water partition coefficient (Wildman–Crippen LogP) is 1.83. The van der Waals surface area contributed by atoms with Crippen LogP contribution in [0.4, 0.5) is 11.4 Å². The Labute approximate surface area is 216 Å². The van der Waals surface area contributed by atoms with Crippen molar-refractivity contribution in [2.75, 3.05) is 11.5 Å². The highest BCUT2D eigenvalue weighted by Gasteiger charge is 2.22. The molecule has 0 saturated carbocycles. The molecule has 14 nitrogen and oxygen atoms in total. The highest BCUT2D eigenvalue weighted by molar-refractivity contribution is 7.87. The van der Waals surface area contributed by atoms with E-state index < -0.39 is 60.1 Å². The molecule has 0 unspecified atom stereocenters. The molecule has 0 saturated heterocycles. The third-order valence-electron chi connectivity index (χ3n) is 5.03. The van der Waals surface area contributed by atoms with Gasteiger partial charge in [0.15, 0.2) is 0 Å². The molecule has 0 heterocycles. The second-order valence-electron chi connectivity index (χ2n) is 7.61. The summed E-state index contributed by atoms with van der Waals surface area (Å²) in [6.07, 6.45) is 0. The van der Waals surface area contributed by atoms with E-state index in [2.05, 4.69) is 0 Å². The maximum absolute atomic E-state index is 11.3.